The first-order valence-electron chi connectivity index (χ1n) is 23.1. The summed E-state index contributed by atoms with van der Waals surface area (Å²) in [5, 5.41) is 0. The zero-order valence-corrected chi connectivity index (χ0v) is 36.0. The average molecular weight is 762 g/mol. The molecule has 3 atom stereocenters. The van der Waals surface area contributed by atoms with Gasteiger partial charge in [0, 0.05) is 12.8 Å². The Morgan fingerprint density at radius 3 is 1.39 bits per heavy atom. The summed E-state index contributed by atoms with van der Waals surface area (Å²) in [6, 6.07) is 0. The van der Waals surface area contributed by atoms with Crippen LogP contribution in [-0.2, 0) is 28.5 Å². The highest BCUT2D eigenvalue weighted by molar-refractivity contribution is 5.69. The lowest BCUT2D eigenvalue weighted by molar-refractivity contribution is -0.151. The van der Waals surface area contributed by atoms with Crippen molar-refractivity contribution in [3.8, 4) is 0 Å². The van der Waals surface area contributed by atoms with Crippen LogP contribution in [0.1, 0.15) is 213 Å². The molecular formula is C47H87NO6. The van der Waals surface area contributed by atoms with Gasteiger partial charge in [-0.2, -0.15) is 0 Å². The number of hydrogen-bond donors (Lipinski definition) is 0. The van der Waals surface area contributed by atoms with Crippen molar-refractivity contribution in [1.29, 1.82) is 0 Å². The number of nitrogens with zero attached hydrogens (tertiary/aromatic N) is 1. The number of hydrogen-bond acceptors (Lipinski definition) is 7. The molecule has 0 spiro atoms. The number of esters is 2. The van der Waals surface area contributed by atoms with Gasteiger partial charge in [-0.3, -0.25) is 9.59 Å². The minimum absolute atomic E-state index is 0.134. The summed E-state index contributed by atoms with van der Waals surface area (Å²) >= 11 is 0. The van der Waals surface area contributed by atoms with Crippen molar-refractivity contribution >= 4 is 11.9 Å². The molecule has 316 valence electrons. The highest BCUT2D eigenvalue weighted by Gasteiger charge is 2.37. The van der Waals surface area contributed by atoms with Crippen molar-refractivity contribution in [2.75, 3.05) is 33.4 Å². The van der Waals surface area contributed by atoms with Crippen LogP contribution in [0, 0.1) is 0 Å². The van der Waals surface area contributed by atoms with E-state index in [0.29, 0.717) is 12.8 Å². The van der Waals surface area contributed by atoms with E-state index >= 15 is 0 Å². The van der Waals surface area contributed by atoms with Gasteiger partial charge in [0.15, 0.2) is 6.29 Å². The van der Waals surface area contributed by atoms with Crippen LogP contribution >= 0.6 is 0 Å². The van der Waals surface area contributed by atoms with E-state index in [9.17, 15) is 9.59 Å². The van der Waals surface area contributed by atoms with Crippen LogP contribution < -0.4 is 0 Å². The van der Waals surface area contributed by atoms with Crippen LogP contribution in [0.25, 0.3) is 0 Å². The zero-order valence-electron chi connectivity index (χ0n) is 36.0. The van der Waals surface area contributed by atoms with E-state index in [1.165, 1.54) is 116 Å². The van der Waals surface area contributed by atoms with Gasteiger partial charge in [-0.1, -0.05) is 161 Å². The average Bonchev–Trinajstić information content (AvgIpc) is 3.57. The molecule has 0 aromatic carbocycles. The van der Waals surface area contributed by atoms with Gasteiger partial charge in [0.2, 0.25) is 0 Å². The molecule has 1 fully saturated rings. The maximum atomic E-state index is 12.6. The first-order valence-corrected chi connectivity index (χ1v) is 23.1. The Hall–Kier alpha value is -1.70. The van der Waals surface area contributed by atoms with Crippen molar-refractivity contribution in [3.63, 3.8) is 0 Å². The van der Waals surface area contributed by atoms with E-state index in [-0.39, 0.29) is 31.4 Å². The Morgan fingerprint density at radius 2 is 0.926 bits per heavy atom. The molecule has 3 unspecified atom stereocenters. The van der Waals surface area contributed by atoms with Gasteiger partial charge in [-0.25, -0.2) is 0 Å². The largest absolute Gasteiger partial charge is 0.463 e. The van der Waals surface area contributed by atoms with Crippen LogP contribution in [0.5, 0.6) is 0 Å². The molecule has 54 heavy (non-hydrogen) atoms. The van der Waals surface area contributed by atoms with E-state index in [4.69, 9.17) is 18.9 Å². The maximum absolute atomic E-state index is 12.6. The molecule has 0 amide bonds. The second-order valence-electron chi connectivity index (χ2n) is 15.9. The topological polar surface area (TPSA) is 74.3 Å². The molecule has 0 bridgehead atoms. The monoisotopic (exact) mass is 762 g/mol. The van der Waals surface area contributed by atoms with E-state index < -0.39 is 12.2 Å². The van der Waals surface area contributed by atoms with Gasteiger partial charge >= 0.3 is 11.9 Å². The highest BCUT2D eigenvalue weighted by Crippen LogP contribution is 2.24. The molecule has 1 rings (SSSR count). The lowest BCUT2D eigenvalue weighted by atomic mass is 10.0. The SMILES string of the molecule is CCCCC/C=C\C/C=C\CCCCCCCC(=O)OCC1OC(CCCCN(C)CC)OC1COC(=O)CCCCCCCCCCCCCCCC. The Balaban J connectivity index is 2.24. The fourth-order valence-corrected chi connectivity index (χ4v) is 6.92. The molecule has 7 heteroatoms. The van der Waals surface area contributed by atoms with Crippen molar-refractivity contribution in [3.05, 3.63) is 24.3 Å². The molecule has 0 aliphatic carbocycles. The number of ether oxygens (including phenoxy) is 4. The molecule has 1 saturated heterocycles. The Kier molecular flexibility index (Phi) is 35.6. The number of rotatable bonds is 39. The number of unbranched alkanes of at least 4 members (excludes halogenated alkanes) is 22. The minimum Gasteiger partial charge on any atom is -0.463 e. The Bertz CT molecular complexity index is 907. The standard InChI is InChI=1S/C47H87NO6/c1-5-8-10-12-14-16-18-20-22-24-26-28-30-32-34-38-46(50)52-42-44-43(53-47(54-44)39-35-36-40-48(4)7-3)41-51-45(49)37-33-31-29-27-25-23-21-19-17-15-13-11-9-6-2/h14,16,20,22,43-44,47H,5-13,15,17-19,21,23-42H2,1-4H3/b16-14-,22-20-. The molecule has 0 aromatic heterocycles. The molecule has 0 radical (unpaired) electrons. The van der Waals surface area contributed by atoms with Gasteiger partial charge in [-0.15, -0.1) is 0 Å². The van der Waals surface area contributed by atoms with Crippen LogP contribution in [0.3, 0.4) is 0 Å². The predicted molar refractivity (Wildman–Crippen MR) is 227 cm³/mol. The van der Waals surface area contributed by atoms with Gasteiger partial charge in [-0.05, 0) is 84.3 Å². The minimum atomic E-state index is -0.421. The van der Waals surface area contributed by atoms with Gasteiger partial charge in [0.25, 0.3) is 0 Å². The van der Waals surface area contributed by atoms with E-state index in [2.05, 4.69) is 57.0 Å². The van der Waals surface area contributed by atoms with Crippen LogP contribution in [-0.4, -0.2) is 68.7 Å². The number of allylic oxidation sites excluding steroid dienone is 4. The summed E-state index contributed by atoms with van der Waals surface area (Å²) < 4.78 is 23.7. The zero-order chi connectivity index (χ0) is 39.2. The van der Waals surface area contributed by atoms with Gasteiger partial charge in [0.05, 0.1) is 0 Å². The summed E-state index contributed by atoms with van der Waals surface area (Å²) in [5.41, 5.74) is 0. The van der Waals surface area contributed by atoms with Gasteiger partial charge < -0.3 is 23.8 Å². The molecule has 0 N–H and O–H groups in total. The fourth-order valence-electron chi connectivity index (χ4n) is 6.92. The van der Waals surface area contributed by atoms with Crippen LogP contribution in [0.15, 0.2) is 24.3 Å². The first kappa shape index (κ1) is 50.3. The fraction of sp³-hybridized carbons (Fsp3) is 0.872. The summed E-state index contributed by atoms with van der Waals surface area (Å²) in [7, 11) is 2.13. The maximum Gasteiger partial charge on any atom is 0.305 e. The van der Waals surface area contributed by atoms with Crippen molar-refractivity contribution < 1.29 is 28.5 Å². The summed E-state index contributed by atoms with van der Waals surface area (Å²) in [6.45, 7) is 9.03. The quantitative estimate of drug-likeness (QED) is 0.0351. The third-order valence-electron chi connectivity index (χ3n) is 10.7. The highest BCUT2D eigenvalue weighted by atomic mass is 16.7. The van der Waals surface area contributed by atoms with E-state index in [1.807, 2.05) is 0 Å². The third kappa shape index (κ3) is 31.5. The van der Waals surface area contributed by atoms with Crippen molar-refractivity contribution in [2.45, 2.75) is 232 Å². The second-order valence-corrected chi connectivity index (χ2v) is 15.9. The number of carbonyl (C=O) groups is 2. The van der Waals surface area contributed by atoms with Crippen molar-refractivity contribution in [2.24, 2.45) is 0 Å². The normalized spacial score (nSPS) is 17.4. The first-order chi connectivity index (χ1) is 26.5. The van der Waals surface area contributed by atoms with Crippen molar-refractivity contribution in [1.82, 2.24) is 4.90 Å². The van der Waals surface area contributed by atoms with E-state index in [0.717, 1.165) is 77.3 Å². The number of carbonyl (C=O) groups excluding carboxylic acids is 2. The summed E-state index contributed by atoms with van der Waals surface area (Å²) in [5.74, 6) is -0.371. The summed E-state index contributed by atoms with van der Waals surface area (Å²) in [6.07, 6.45) is 42.4. The lowest BCUT2D eigenvalue weighted by Gasteiger charge is -2.17. The molecular weight excluding hydrogens is 675 g/mol. The lowest BCUT2D eigenvalue weighted by Crippen LogP contribution is -2.33. The molecule has 1 heterocycles. The van der Waals surface area contributed by atoms with Crippen LogP contribution in [0.2, 0.25) is 0 Å². The molecule has 1 aliphatic heterocycles. The molecule has 1 aliphatic rings. The molecule has 0 aromatic rings. The predicted octanol–water partition coefficient (Wildman–Crippen LogP) is 13.0. The molecule has 0 saturated carbocycles. The van der Waals surface area contributed by atoms with Crippen LogP contribution in [0.4, 0.5) is 0 Å². The van der Waals surface area contributed by atoms with E-state index in [1.54, 1.807) is 0 Å². The molecule has 7 nitrogen and oxygen atoms in total. The third-order valence-corrected chi connectivity index (χ3v) is 10.7. The smallest absolute Gasteiger partial charge is 0.305 e. The second kappa shape index (κ2) is 38.2. The Morgan fingerprint density at radius 1 is 0.519 bits per heavy atom. The van der Waals surface area contributed by atoms with Gasteiger partial charge in [0.1, 0.15) is 25.4 Å². The Labute approximate surface area is 334 Å². The summed E-state index contributed by atoms with van der Waals surface area (Å²) in [4.78, 5) is 27.5.